The molecular formula is C13H14BrClN4S. The fourth-order valence-corrected chi connectivity index (χ4v) is 2.51. The van der Waals surface area contributed by atoms with Gasteiger partial charge in [-0.05, 0) is 37.3 Å². The smallest absolute Gasteiger partial charge is 0.171 e. The lowest BCUT2D eigenvalue weighted by atomic mass is 10.3. The maximum Gasteiger partial charge on any atom is 0.171 e. The lowest BCUT2D eigenvalue weighted by Gasteiger charge is -2.11. The van der Waals surface area contributed by atoms with Crippen LogP contribution in [0.1, 0.15) is 12.5 Å². The van der Waals surface area contributed by atoms with Crippen LogP contribution in [0.5, 0.6) is 0 Å². The second-order valence-corrected chi connectivity index (χ2v) is 5.87. The summed E-state index contributed by atoms with van der Waals surface area (Å²) < 4.78 is 2.80. The lowest BCUT2D eigenvalue weighted by Crippen LogP contribution is -2.27. The molecule has 0 atom stereocenters. The average molecular weight is 374 g/mol. The molecule has 0 aliphatic carbocycles. The van der Waals surface area contributed by atoms with Crippen molar-refractivity contribution in [1.82, 2.24) is 15.1 Å². The number of rotatable bonds is 4. The van der Waals surface area contributed by atoms with Crippen molar-refractivity contribution in [3.8, 4) is 0 Å². The largest absolute Gasteiger partial charge is 0.358 e. The number of hydrogen-bond donors (Lipinski definition) is 2. The molecule has 4 nitrogen and oxygen atoms in total. The first-order valence-corrected chi connectivity index (χ1v) is 7.67. The van der Waals surface area contributed by atoms with E-state index in [1.165, 1.54) is 0 Å². The summed E-state index contributed by atoms with van der Waals surface area (Å²) in [5, 5.41) is 11.5. The van der Waals surface area contributed by atoms with Gasteiger partial charge in [-0.1, -0.05) is 27.5 Å². The monoisotopic (exact) mass is 372 g/mol. The Morgan fingerprint density at radius 3 is 2.95 bits per heavy atom. The van der Waals surface area contributed by atoms with Gasteiger partial charge in [0.25, 0.3) is 0 Å². The van der Waals surface area contributed by atoms with E-state index in [9.17, 15) is 0 Å². The van der Waals surface area contributed by atoms with Gasteiger partial charge in [0, 0.05) is 29.3 Å². The van der Waals surface area contributed by atoms with Crippen LogP contribution in [0.15, 0.2) is 35.1 Å². The minimum Gasteiger partial charge on any atom is -0.358 e. The highest BCUT2D eigenvalue weighted by atomic mass is 79.9. The zero-order valence-electron chi connectivity index (χ0n) is 10.9. The summed E-state index contributed by atoms with van der Waals surface area (Å²) in [6.07, 6.45) is 3.81. The Kier molecular flexibility index (Phi) is 5.39. The first kappa shape index (κ1) is 15.3. The molecule has 1 aromatic heterocycles. The van der Waals surface area contributed by atoms with E-state index in [2.05, 4.69) is 31.7 Å². The summed E-state index contributed by atoms with van der Waals surface area (Å²) in [4.78, 5) is 0. The molecule has 0 amide bonds. The third-order valence-electron chi connectivity index (χ3n) is 2.64. The molecule has 0 spiro atoms. The second-order valence-electron chi connectivity index (χ2n) is 4.14. The van der Waals surface area contributed by atoms with E-state index in [0.717, 1.165) is 22.3 Å². The van der Waals surface area contributed by atoms with Crippen molar-refractivity contribution in [1.29, 1.82) is 0 Å². The summed E-state index contributed by atoms with van der Waals surface area (Å²) >= 11 is 14.7. The quantitative estimate of drug-likeness (QED) is 0.800. The molecule has 2 rings (SSSR count). The van der Waals surface area contributed by atoms with Crippen LogP contribution < -0.4 is 10.6 Å². The van der Waals surface area contributed by atoms with Gasteiger partial charge in [0.2, 0.25) is 0 Å². The summed E-state index contributed by atoms with van der Waals surface area (Å²) in [6.45, 7) is 3.53. The normalized spacial score (nSPS) is 10.3. The molecule has 1 heterocycles. The SMILES string of the molecule is CCn1cc(CNC(=S)Nc2ccc(Br)cc2Cl)cn1. The number of thiocarbonyl (C=S) groups is 1. The van der Waals surface area contributed by atoms with Gasteiger partial charge in [0.1, 0.15) is 0 Å². The summed E-state index contributed by atoms with van der Waals surface area (Å²) in [7, 11) is 0. The van der Waals surface area contributed by atoms with Crippen LogP contribution >= 0.6 is 39.7 Å². The van der Waals surface area contributed by atoms with Crippen LogP contribution in [0, 0.1) is 0 Å². The number of halogens is 2. The number of aryl methyl sites for hydroxylation is 1. The number of nitrogens with one attached hydrogen (secondary N) is 2. The molecule has 2 N–H and O–H groups in total. The molecule has 106 valence electrons. The molecule has 0 saturated heterocycles. The van der Waals surface area contributed by atoms with Gasteiger partial charge in [-0.2, -0.15) is 5.10 Å². The van der Waals surface area contributed by atoms with Crippen LogP contribution in [0.3, 0.4) is 0 Å². The first-order valence-electron chi connectivity index (χ1n) is 6.09. The first-order chi connectivity index (χ1) is 9.58. The van der Waals surface area contributed by atoms with E-state index >= 15 is 0 Å². The molecule has 7 heteroatoms. The van der Waals surface area contributed by atoms with Gasteiger partial charge in [-0.15, -0.1) is 0 Å². The van der Waals surface area contributed by atoms with Gasteiger partial charge in [-0.3, -0.25) is 4.68 Å². The van der Waals surface area contributed by atoms with Crippen LogP contribution in [-0.2, 0) is 13.1 Å². The Morgan fingerprint density at radius 2 is 2.30 bits per heavy atom. The van der Waals surface area contributed by atoms with Crippen molar-refractivity contribution >= 4 is 50.5 Å². The zero-order valence-corrected chi connectivity index (χ0v) is 14.0. The van der Waals surface area contributed by atoms with E-state index in [-0.39, 0.29) is 0 Å². The Balaban J connectivity index is 1.89. The molecule has 1 aromatic carbocycles. The van der Waals surface area contributed by atoms with Gasteiger partial charge in [0.05, 0.1) is 16.9 Å². The molecule has 0 unspecified atom stereocenters. The lowest BCUT2D eigenvalue weighted by molar-refractivity contribution is 0.659. The third kappa shape index (κ3) is 4.19. The maximum atomic E-state index is 6.12. The number of anilines is 1. The standard InChI is InChI=1S/C13H14BrClN4S/c1-2-19-8-9(7-17-19)6-16-13(20)18-12-4-3-10(14)5-11(12)15/h3-5,7-8H,2,6H2,1H3,(H2,16,18,20). The Hall–Kier alpha value is -1.11. The molecule has 20 heavy (non-hydrogen) atoms. The van der Waals surface area contributed by atoms with Crippen molar-refractivity contribution in [3.63, 3.8) is 0 Å². The third-order valence-corrected chi connectivity index (χ3v) is 3.70. The molecule has 0 aliphatic heterocycles. The Labute approximate surface area is 136 Å². The Morgan fingerprint density at radius 1 is 1.50 bits per heavy atom. The van der Waals surface area contributed by atoms with Crippen molar-refractivity contribution in [3.05, 3.63) is 45.7 Å². The van der Waals surface area contributed by atoms with Gasteiger partial charge in [0.15, 0.2) is 5.11 Å². The van der Waals surface area contributed by atoms with Crippen molar-refractivity contribution in [2.24, 2.45) is 0 Å². The van der Waals surface area contributed by atoms with Crippen LogP contribution in [0.2, 0.25) is 5.02 Å². The molecule has 0 radical (unpaired) electrons. The fourth-order valence-electron chi connectivity index (χ4n) is 1.61. The highest BCUT2D eigenvalue weighted by Gasteiger charge is 2.04. The highest BCUT2D eigenvalue weighted by Crippen LogP contribution is 2.25. The second kappa shape index (κ2) is 7.06. The van der Waals surface area contributed by atoms with Crippen molar-refractivity contribution in [2.45, 2.75) is 20.0 Å². The van der Waals surface area contributed by atoms with E-state index in [1.54, 1.807) is 0 Å². The molecule has 0 bridgehead atoms. The molecule has 2 aromatic rings. The molecular weight excluding hydrogens is 360 g/mol. The minimum atomic E-state index is 0.526. The average Bonchev–Trinajstić information content (AvgIpc) is 2.88. The number of benzene rings is 1. The van der Waals surface area contributed by atoms with Gasteiger partial charge < -0.3 is 10.6 Å². The Bertz CT molecular complexity index is 614. The molecule has 0 saturated carbocycles. The zero-order chi connectivity index (χ0) is 14.5. The predicted octanol–water partition coefficient (Wildman–Crippen LogP) is 3.81. The summed E-state index contributed by atoms with van der Waals surface area (Å²) in [5.41, 5.74) is 1.86. The highest BCUT2D eigenvalue weighted by molar-refractivity contribution is 9.10. The van der Waals surface area contributed by atoms with Gasteiger partial charge >= 0.3 is 0 Å². The van der Waals surface area contributed by atoms with E-state index < -0.39 is 0 Å². The number of aromatic nitrogens is 2. The fraction of sp³-hybridized carbons (Fsp3) is 0.231. The summed E-state index contributed by atoms with van der Waals surface area (Å²) in [5.74, 6) is 0. The molecule has 0 fully saturated rings. The maximum absolute atomic E-state index is 6.12. The summed E-state index contributed by atoms with van der Waals surface area (Å²) in [6, 6.07) is 5.59. The van der Waals surface area contributed by atoms with Crippen LogP contribution in [0.4, 0.5) is 5.69 Å². The van der Waals surface area contributed by atoms with Crippen LogP contribution in [0.25, 0.3) is 0 Å². The predicted molar refractivity (Wildman–Crippen MR) is 90.1 cm³/mol. The van der Waals surface area contributed by atoms with Crippen molar-refractivity contribution in [2.75, 3.05) is 5.32 Å². The van der Waals surface area contributed by atoms with Crippen LogP contribution in [-0.4, -0.2) is 14.9 Å². The minimum absolute atomic E-state index is 0.526. The van der Waals surface area contributed by atoms with E-state index in [4.69, 9.17) is 23.8 Å². The van der Waals surface area contributed by atoms with E-state index in [1.807, 2.05) is 42.2 Å². The number of nitrogens with zero attached hydrogens (tertiary/aromatic N) is 2. The van der Waals surface area contributed by atoms with Crippen molar-refractivity contribution < 1.29 is 0 Å². The molecule has 0 aliphatic rings. The van der Waals surface area contributed by atoms with E-state index in [0.29, 0.717) is 16.7 Å². The number of hydrogen-bond acceptors (Lipinski definition) is 2. The topological polar surface area (TPSA) is 41.9 Å². The van der Waals surface area contributed by atoms with Gasteiger partial charge in [-0.25, -0.2) is 0 Å².